The second-order valence-electron chi connectivity index (χ2n) is 6.86. The highest BCUT2D eigenvalue weighted by atomic mass is 16.5. The van der Waals surface area contributed by atoms with E-state index in [1.165, 1.54) is 0 Å². The first kappa shape index (κ1) is 17.3. The number of carbonyl (C=O) groups excluding carboxylic acids is 1. The van der Waals surface area contributed by atoms with Crippen LogP contribution in [-0.4, -0.2) is 13.0 Å². The first-order valence-corrected chi connectivity index (χ1v) is 9.27. The number of amides is 1. The van der Waals surface area contributed by atoms with Crippen molar-refractivity contribution in [3.63, 3.8) is 0 Å². The van der Waals surface area contributed by atoms with Crippen LogP contribution in [0.2, 0.25) is 0 Å². The molecular formula is C24H17NO4. The predicted molar refractivity (Wildman–Crippen MR) is 111 cm³/mol. The maximum atomic E-state index is 13.4. The minimum atomic E-state index is -0.562. The van der Waals surface area contributed by atoms with Crippen LogP contribution in [0.5, 0.6) is 5.75 Å². The lowest BCUT2D eigenvalue weighted by Crippen LogP contribution is -2.29. The van der Waals surface area contributed by atoms with Crippen LogP contribution in [0.4, 0.5) is 5.69 Å². The summed E-state index contributed by atoms with van der Waals surface area (Å²) in [4.78, 5) is 28.4. The van der Waals surface area contributed by atoms with Crippen LogP contribution in [0, 0.1) is 0 Å². The third-order valence-corrected chi connectivity index (χ3v) is 5.24. The lowest BCUT2D eigenvalue weighted by atomic mass is 9.98. The SMILES string of the molecule is COc1ccc(N2C(=O)c3oc4ccccc4c(=O)c3[C@@H]2c2ccccc2)cc1. The summed E-state index contributed by atoms with van der Waals surface area (Å²) in [7, 11) is 1.59. The molecule has 0 unspecified atom stereocenters. The van der Waals surface area contributed by atoms with E-state index in [0.29, 0.717) is 28.0 Å². The number of fused-ring (bicyclic) bond motifs is 2. The van der Waals surface area contributed by atoms with Crippen LogP contribution in [0.25, 0.3) is 11.0 Å². The lowest BCUT2D eigenvalue weighted by Gasteiger charge is -2.25. The van der Waals surface area contributed by atoms with Crippen molar-refractivity contribution in [1.82, 2.24) is 0 Å². The summed E-state index contributed by atoms with van der Waals surface area (Å²) in [5.41, 5.74) is 2.11. The summed E-state index contributed by atoms with van der Waals surface area (Å²) in [6.07, 6.45) is 0. The van der Waals surface area contributed by atoms with Gasteiger partial charge in [0.05, 0.1) is 24.1 Å². The molecule has 0 fully saturated rings. The van der Waals surface area contributed by atoms with E-state index >= 15 is 0 Å². The second kappa shape index (κ2) is 6.63. The number of para-hydroxylation sites is 1. The maximum absolute atomic E-state index is 13.4. The van der Waals surface area contributed by atoms with Crippen LogP contribution in [-0.2, 0) is 0 Å². The Bertz CT molecular complexity index is 1280. The molecule has 1 atom stereocenters. The normalized spacial score (nSPS) is 15.6. The fourth-order valence-corrected chi connectivity index (χ4v) is 3.88. The average molecular weight is 383 g/mol. The van der Waals surface area contributed by atoms with Crippen molar-refractivity contribution in [1.29, 1.82) is 0 Å². The van der Waals surface area contributed by atoms with Gasteiger partial charge in [0.2, 0.25) is 5.76 Å². The number of benzene rings is 3. The number of carbonyl (C=O) groups is 1. The van der Waals surface area contributed by atoms with E-state index in [9.17, 15) is 9.59 Å². The molecule has 0 N–H and O–H groups in total. The van der Waals surface area contributed by atoms with Crippen molar-refractivity contribution in [2.75, 3.05) is 12.0 Å². The number of hydrogen-bond donors (Lipinski definition) is 0. The van der Waals surface area contributed by atoms with E-state index in [0.717, 1.165) is 5.56 Å². The molecule has 5 heteroatoms. The van der Waals surface area contributed by atoms with E-state index in [2.05, 4.69) is 0 Å². The third-order valence-electron chi connectivity index (χ3n) is 5.24. The molecule has 1 amide bonds. The Labute approximate surface area is 166 Å². The van der Waals surface area contributed by atoms with E-state index < -0.39 is 6.04 Å². The monoisotopic (exact) mass is 383 g/mol. The summed E-state index contributed by atoms with van der Waals surface area (Å²) in [6, 6.07) is 23.2. The van der Waals surface area contributed by atoms with Crippen molar-refractivity contribution in [3.8, 4) is 5.75 Å². The summed E-state index contributed by atoms with van der Waals surface area (Å²) < 4.78 is 11.2. The van der Waals surface area contributed by atoms with Gasteiger partial charge >= 0.3 is 0 Å². The predicted octanol–water partition coefficient (Wildman–Crippen LogP) is 4.55. The van der Waals surface area contributed by atoms with E-state index in [1.54, 1.807) is 48.4 Å². The zero-order valence-corrected chi connectivity index (χ0v) is 15.7. The highest BCUT2D eigenvalue weighted by Gasteiger charge is 2.43. The third kappa shape index (κ3) is 2.63. The molecule has 0 aliphatic carbocycles. The van der Waals surface area contributed by atoms with Gasteiger partial charge in [0.15, 0.2) is 5.43 Å². The Morgan fingerprint density at radius 3 is 2.28 bits per heavy atom. The topological polar surface area (TPSA) is 59.8 Å². The van der Waals surface area contributed by atoms with Gasteiger partial charge < -0.3 is 9.15 Å². The van der Waals surface area contributed by atoms with Gasteiger partial charge in [-0.2, -0.15) is 0 Å². The molecule has 3 aromatic carbocycles. The number of anilines is 1. The van der Waals surface area contributed by atoms with Gasteiger partial charge in [-0.3, -0.25) is 14.5 Å². The zero-order valence-electron chi connectivity index (χ0n) is 15.7. The molecule has 0 saturated heterocycles. The molecule has 5 nitrogen and oxygen atoms in total. The number of hydrogen-bond acceptors (Lipinski definition) is 4. The first-order valence-electron chi connectivity index (χ1n) is 9.27. The van der Waals surface area contributed by atoms with Crippen LogP contribution in [0.3, 0.4) is 0 Å². The van der Waals surface area contributed by atoms with Crippen molar-refractivity contribution >= 4 is 22.6 Å². The standard InChI is InChI=1S/C24H17NO4/c1-28-17-13-11-16(12-14-17)25-21(15-7-3-2-4-8-15)20-22(26)18-9-5-6-10-19(18)29-23(20)24(25)27/h2-14,21H,1H3/t21-/m0/s1. The van der Waals surface area contributed by atoms with Crippen molar-refractivity contribution in [2.45, 2.75) is 6.04 Å². The fraction of sp³-hybridized carbons (Fsp3) is 0.0833. The molecule has 1 aliphatic rings. The molecule has 0 saturated carbocycles. The highest BCUT2D eigenvalue weighted by molar-refractivity contribution is 6.10. The first-order chi connectivity index (χ1) is 14.2. The Kier molecular flexibility index (Phi) is 3.95. The molecule has 0 spiro atoms. The molecule has 5 rings (SSSR count). The largest absolute Gasteiger partial charge is 0.497 e. The molecular weight excluding hydrogens is 366 g/mol. The van der Waals surface area contributed by atoms with E-state index in [-0.39, 0.29) is 17.1 Å². The number of methoxy groups -OCH3 is 1. The lowest BCUT2D eigenvalue weighted by molar-refractivity contribution is 0.0971. The van der Waals surface area contributed by atoms with Crippen LogP contribution in [0.1, 0.15) is 27.7 Å². The average Bonchev–Trinajstić information content (AvgIpc) is 3.07. The quantitative estimate of drug-likeness (QED) is 0.521. The minimum absolute atomic E-state index is 0.0957. The van der Waals surface area contributed by atoms with Gasteiger partial charge in [-0.05, 0) is 42.0 Å². The van der Waals surface area contributed by atoms with Gasteiger partial charge in [0.25, 0.3) is 5.91 Å². The van der Waals surface area contributed by atoms with Gasteiger partial charge in [-0.1, -0.05) is 42.5 Å². The Morgan fingerprint density at radius 1 is 0.862 bits per heavy atom. The zero-order chi connectivity index (χ0) is 20.0. The summed E-state index contributed by atoms with van der Waals surface area (Å²) in [6.45, 7) is 0. The van der Waals surface area contributed by atoms with Gasteiger partial charge in [-0.15, -0.1) is 0 Å². The van der Waals surface area contributed by atoms with Crippen molar-refractivity contribution in [3.05, 3.63) is 106 Å². The number of rotatable bonds is 3. The molecule has 1 aliphatic heterocycles. The Hall–Kier alpha value is -3.86. The number of ether oxygens (including phenoxy) is 1. The molecule has 0 bridgehead atoms. The molecule has 0 radical (unpaired) electrons. The summed E-state index contributed by atoms with van der Waals surface area (Å²) in [5.74, 6) is 0.453. The van der Waals surface area contributed by atoms with Crippen LogP contribution >= 0.6 is 0 Å². The molecule has 4 aromatic rings. The Balaban J connectivity index is 1.78. The number of nitrogens with zero attached hydrogens (tertiary/aromatic N) is 1. The highest BCUT2D eigenvalue weighted by Crippen LogP contribution is 2.41. The fourth-order valence-electron chi connectivity index (χ4n) is 3.88. The van der Waals surface area contributed by atoms with Crippen LogP contribution in [0.15, 0.2) is 88.1 Å². The summed E-state index contributed by atoms with van der Waals surface area (Å²) in [5, 5.41) is 0.469. The minimum Gasteiger partial charge on any atom is -0.497 e. The van der Waals surface area contributed by atoms with Gasteiger partial charge in [-0.25, -0.2) is 0 Å². The van der Waals surface area contributed by atoms with Gasteiger partial charge in [0.1, 0.15) is 11.3 Å². The van der Waals surface area contributed by atoms with E-state index in [1.807, 2.05) is 42.5 Å². The smallest absolute Gasteiger partial charge is 0.295 e. The van der Waals surface area contributed by atoms with Gasteiger partial charge in [0, 0.05) is 5.69 Å². The van der Waals surface area contributed by atoms with E-state index in [4.69, 9.17) is 9.15 Å². The maximum Gasteiger partial charge on any atom is 0.295 e. The molecule has 142 valence electrons. The Morgan fingerprint density at radius 2 is 1.55 bits per heavy atom. The summed E-state index contributed by atoms with van der Waals surface area (Å²) >= 11 is 0. The van der Waals surface area contributed by atoms with Crippen molar-refractivity contribution < 1.29 is 13.9 Å². The molecule has 1 aromatic heterocycles. The van der Waals surface area contributed by atoms with Crippen LogP contribution < -0.4 is 15.1 Å². The second-order valence-corrected chi connectivity index (χ2v) is 6.86. The molecule has 2 heterocycles. The molecule has 29 heavy (non-hydrogen) atoms. The van der Waals surface area contributed by atoms with Crippen molar-refractivity contribution in [2.24, 2.45) is 0 Å².